The van der Waals surface area contributed by atoms with E-state index >= 15 is 0 Å². The average molecular weight is 509 g/mol. The number of carbonyl (C=O) groups excluding carboxylic acids is 2. The first-order chi connectivity index (χ1) is 17.0. The van der Waals surface area contributed by atoms with Crippen LogP contribution >= 0.6 is 11.3 Å². The molecule has 0 radical (unpaired) electrons. The maximum atomic E-state index is 13.6. The maximum Gasteiger partial charge on any atom is 0.337 e. The van der Waals surface area contributed by atoms with Gasteiger partial charge in [-0.05, 0) is 73.9 Å². The number of rotatable bonds is 5. The number of aryl methyl sites for hydroxylation is 3. The average Bonchev–Trinajstić information content (AvgIpc) is 3.17. The van der Waals surface area contributed by atoms with Crippen LogP contribution in [0.1, 0.15) is 26.4 Å². The van der Waals surface area contributed by atoms with E-state index in [4.69, 9.17) is 0 Å². The highest BCUT2D eigenvalue weighted by Crippen LogP contribution is 2.29. The molecule has 8 nitrogen and oxygen atoms in total. The van der Waals surface area contributed by atoms with Crippen molar-refractivity contribution in [1.29, 1.82) is 0 Å². The minimum atomic E-state index is -0.764. The zero-order valence-electron chi connectivity index (χ0n) is 20.5. The Morgan fingerprint density at radius 2 is 1.67 bits per heavy atom. The van der Waals surface area contributed by atoms with Crippen molar-refractivity contribution < 1.29 is 14.0 Å². The predicted octanol–water partition coefficient (Wildman–Crippen LogP) is 3.62. The molecule has 4 rings (SSSR count). The van der Waals surface area contributed by atoms with Crippen molar-refractivity contribution in [2.75, 3.05) is 19.4 Å². The summed E-state index contributed by atoms with van der Waals surface area (Å²) in [4.78, 5) is 54.7. The molecule has 36 heavy (non-hydrogen) atoms. The molecule has 0 spiro atoms. The first kappa shape index (κ1) is 25.1. The quantitative estimate of drug-likeness (QED) is 0.446. The minimum absolute atomic E-state index is 0.155. The van der Waals surface area contributed by atoms with E-state index in [0.717, 1.165) is 39.2 Å². The number of halogens is 1. The van der Waals surface area contributed by atoms with Crippen molar-refractivity contribution in [3.8, 4) is 5.69 Å². The number of nitrogens with zero attached hydrogens (tertiary/aromatic N) is 3. The topological polar surface area (TPSA) is 93.4 Å². The number of fused-ring (bicyclic) bond motifs is 1. The second-order valence-electron chi connectivity index (χ2n) is 8.77. The Hall–Kier alpha value is -4.05. The molecular formula is C26H25FN4O4S. The minimum Gasteiger partial charge on any atom is -0.344 e. The lowest BCUT2D eigenvalue weighted by atomic mass is 10.1. The molecule has 1 N–H and O–H groups in total. The van der Waals surface area contributed by atoms with Crippen molar-refractivity contribution >= 4 is 39.1 Å². The van der Waals surface area contributed by atoms with Gasteiger partial charge in [-0.15, -0.1) is 11.3 Å². The molecular weight excluding hydrogens is 483 g/mol. The fourth-order valence-corrected chi connectivity index (χ4v) is 5.19. The van der Waals surface area contributed by atoms with Crippen molar-refractivity contribution in [2.45, 2.75) is 27.3 Å². The second-order valence-corrected chi connectivity index (χ2v) is 9.77. The number of thiophene rings is 1. The number of carbonyl (C=O) groups is 2. The summed E-state index contributed by atoms with van der Waals surface area (Å²) in [6, 6.07) is 10.4. The van der Waals surface area contributed by atoms with E-state index < -0.39 is 23.0 Å². The summed E-state index contributed by atoms with van der Waals surface area (Å²) in [7, 11) is 3.18. The molecule has 2 amide bonds. The predicted molar refractivity (Wildman–Crippen MR) is 139 cm³/mol. The lowest BCUT2D eigenvalue weighted by Gasteiger charge is -2.13. The van der Waals surface area contributed by atoms with Gasteiger partial charge in [0.15, 0.2) is 0 Å². The highest BCUT2D eigenvalue weighted by atomic mass is 32.1. The third-order valence-electron chi connectivity index (χ3n) is 5.99. The van der Waals surface area contributed by atoms with E-state index in [1.54, 1.807) is 27.1 Å². The standard InChI is InChI=1S/C26H25FN4O4S/c1-14-6-9-18(12-15(14)2)28-20(32)13-30-25-21(16(3)22(36-25)24(34)29(4)5)23(33)31(26(30)35)19-10-7-17(27)8-11-19/h6-12H,13H2,1-5H3,(H,28,32). The van der Waals surface area contributed by atoms with Gasteiger partial charge in [0.25, 0.3) is 11.5 Å². The Bertz CT molecular complexity index is 1630. The summed E-state index contributed by atoms with van der Waals surface area (Å²) in [5, 5.41) is 2.95. The summed E-state index contributed by atoms with van der Waals surface area (Å²) in [5.74, 6) is -1.32. The second kappa shape index (κ2) is 9.54. The molecule has 0 saturated carbocycles. The van der Waals surface area contributed by atoms with Gasteiger partial charge in [0.2, 0.25) is 5.91 Å². The smallest absolute Gasteiger partial charge is 0.337 e. The normalized spacial score (nSPS) is 11.1. The van der Waals surface area contributed by atoms with E-state index in [1.807, 2.05) is 26.0 Å². The number of hydrogen-bond acceptors (Lipinski definition) is 5. The highest BCUT2D eigenvalue weighted by Gasteiger charge is 2.25. The molecule has 10 heteroatoms. The SMILES string of the molecule is Cc1ccc(NC(=O)Cn2c(=O)n(-c3ccc(F)cc3)c(=O)c3c(C)c(C(=O)N(C)C)sc32)cc1C. The van der Waals surface area contributed by atoms with Gasteiger partial charge in [-0.25, -0.2) is 13.8 Å². The Morgan fingerprint density at radius 3 is 2.28 bits per heavy atom. The third kappa shape index (κ3) is 4.47. The van der Waals surface area contributed by atoms with Gasteiger partial charge in [0.1, 0.15) is 17.2 Å². The molecule has 4 aromatic rings. The van der Waals surface area contributed by atoms with Gasteiger partial charge in [-0.1, -0.05) is 6.07 Å². The van der Waals surface area contributed by atoms with Crippen LogP contribution in [0.4, 0.5) is 10.1 Å². The molecule has 0 bridgehead atoms. The van der Waals surface area contributed by atoms with E-state index in [0.29, 0.717) is 16.1 Å². The molecule has 0 fully saturated rings. The zero-order chi connectivity index (χ0) is 26.3. The van der Waals surface area contributed by atoms with Gasteiger partial charge in [-0.3, -0.25) is 19.0 Å². The van der Waals surface area contributed by atoms with Crippen LogP contribution in [0.3, 0.4) is 0 Å². The van der Waals surface area contributed by atoms with Gasteiger partial charge in [-0.2, -0.15) is 0 Å². The molecule has 0 unspecified atom stereocenters. The van der Waals surface area contributed by atoms with Gasteiger partial charge in [0, 0.05) is 19.8 Å². The lowest BCUT2D eigenvalue weighted by molar-refractivity contribution is -0.116. The molecule has 0 aliphatic heterocycles. The molecule has 2 aromatic heterocycles. The molecule has 186 valence electrons. The maximum absolute atomic E-state index is 13.6. The summed E-state index contributed by atoms with van der Waals surface area (Å²) >= 11 is 0.993. The van der Waals surface area contributed by atoms with Crippen molar-refractivity contribution in [3.05, 3.63) is 90.7 Å². The fourth-order valence-electron chi connectivity index (χ4n) is 3.87. The van der Waals surface area contributed by atoms with Crippen molar-refractivity contribution in [1.82, 2.24) is 14.0 Å². The van der Waals surface area contributed by atoms with Crippen LogP contribution in [0.25, 0.3) is 15.9 Å². The number of amides is 2. The van der Waals surface area contributed by atoms with Crippen molar-refractivity contribution in [3.63, 3.8) is 0 Å². The summed E-state index contributed by atoms with van der Waals surface area (Å²) in [5.41, 5.74) is 1.81. The van der Waals surface area contributed by atoms with Crippen molar-refractivity contribution in [2.24, 2.45) is 0 Å². The number of benzene rings is 2. The van der Waals surface area contributed by atoms with Gasteiger partial charge < -0.3 is 10.2 Å². The molecule has 2 aromatic carbocycles. The Morgan fingerprint density at radius 1 is 1.00 bits per heavy atom. The summed E-state index contributed by atoms with van der Waals surface area (Å²) in [6.45, 7) is 5.13. The van der Waals surface area contributed by atoms with E-state index in [1.165, 1.54) is 21.6 Å². The number of aromatic nitrogens is 2. The molecule has 0 saturated heterocycles. The Labute approximate surface area is 210 Å². The molecule has 0 atom stereocenters. The largest absolute Gasteiger partial charge is 0.344 e. The zero-order valence-corrected chi connectivity index (χ0v) is 21.3. The van der Waals surface area contributed by atoms with Gasteiger partial charge in [0.05, 0.1) is 16.0 Å². The number of nitrogens with one attached hydrogen (secondary N) is 1. The van der Waals surface area contributed by atoms with Crippen LogP contribution in [0.15, 0.2) is 52.1 Å². The first-order valence-electron chi connectivity index (χ1n) is 11.1. The summed E-state index contributed by atoms with van der Waals surface area (Å²) in [6.07, 6.45) is 0. The molecule has 0 aliphatic rings. The summed E-state index contributed by atoms with van der Waals surface area (Å²) < 4.78 is 15.6. The number of anilines is 1. The monoisotopic (exact) mass is 508 g/mol. The Balaban J connectivity index is 1.91. The third-order valence-corrected chi connectivity index (χ3v) is 7.29. The van der Waals surface area contributed by atoms with E-state index in [2.05, 4.69) is 5.32 Å². The highest BCUT2D eigenvalue weighted by molar-refractivity contribution is 7.20. The van der Waals surface area contributed by atoms with Crippen LogP contribution < -0.4 is 16.6 Å². The van der Waals surface area contributed by atoms with Gasteiger partial charge >= 0.3 is 5.69 Å². The van der Waals surface area contributed by atoms with Crippen LogP contribution in [0, 0.1) is 26.6 Å². The molecule has 2 heterocycles. The first-order valence-corrected chi connectivity index (χ1v) is 11.9. The van der Waals surface area contributed by atoms with Crippen LogP contribution in [-0.4, -0.2) is 39.9 Å². The lowest BCUT2D eigenvalue weighted by Crippen LogP contribution is -2.40. The number of hydrogen-bond donors (Lipinski definition) is 1. The molecule has 0 aliphatic carbocycles. The fraction of sp³-hybridized carbons (Fsp3) is 0.231. The van der Waals surface area contributed by atoms with Crippen LogP contribution in [0.2, 0.25) is 0 Å². The van der Waals surface area contributed by atoms with Crippen LogP contribution in [0.5, 0.6) is 0 Å². The van der Waals surface area contributed by atoms with Crippen LogP contribution in [-0.2, 0) is 11.3 Å². The van der Waals surface area contributed by atoms with E-state index in [9.17, 15) is 23.6 Å². The Kier molecular flexibility index (Phi) is 6.64. The van der Waals surface area contributed by atoms with E-state index in [-0.39, 0.29) is 28.4 Å².